The minimum Gasteiger partial charge on any atom is -0.316 e. The van der Waals surface area contributed by atoms with E-state index in [2.05, 4.69) is 198 Å². The van der Waals surface area contributed by atoms with Gasteiger partial charge >= 0.3 is 0 Å². The van der Waals surface area contributed by atoms with Gasteiger partial charge in [-0.1, -0.05) is 170 Å². The molecule has 0 saturated carbocycles. The Morgan fingerprint density at radius 1 is 0.414 bits per heavy atom. The van der Waals surface area contributed by atoms with E-state index in [0.29, 0.717) is 16.9 Å². The fourth-order valence-corrected chi connectivity index (χ4v) is 15.4. The highest BCUT2D eigenvalue weighted by Crippen LogP contribution is 2.55. The number of thiophene rings is 3. The molecule has 5 aromatic heterocycles. The molecule has 0 aliphatic carbocycles. The number of aryl methyl sites for hydroxylation is 1. The summed E-state index contributed by atoms with van der Waals surface area (Å²) in [5.74, 6) is 0. The number of rotatable bonds is 4. The van der Waals surface area contributed by atoms with Gasteiger partial charge in [-0.25, -0.2) is 4.85 Å². The number of hydrogen-bond acceptors (Lipinski definition) is 4. The molecule has 0 N–H and O–H groups in total. The fraction of sp³-hybridized carbons (Fsp3) is 0.0159. The number of fused-ring (bicyclic) bond motifs is 18. The van der Waals surface area contributed by atoms with Gasteiger partial charge in [-0.05, 0) is 41.8 Å². The molecule has 0 aliphatic rings. The Hall–Kier alpha value is -8.56. The van der Waals surface area contributed by atoms with Crippen molar-refractivity contribution in [1.29, 1.82) is 5.26 Å². The van der Waals surface area contributed by atoms with E-state index in [0.717, 1.165) is 81.6 Å². The van der Waals surface area contributed by atoms with Gasteiger partial charge in [0.05, 0.1) is 59.7 Å². The SMILES string of the molecule is [C-]#[N+]c1c(-c2ccccc2)c(-n2c3c(ccc4c5ccccc5sc43)c3ccc4c5ccccc5sc4c32)c(-c2ccccc2)c(C#N)c1-n1c2ccccc2c2ccc3c4cccc(C)c4sc3c21. The number of para-hydroxylation sites is 1. The van der Waals surface area contributed by atoms with Crippen molar-refractivity contribution in [2.24, 2.45) is 0 Å². The Kier molecular flexibility index (Phi) is 8.29. The molecule has 324 valence electrons. The third-order valence-electron chi connectivity index (χ3n) is 14.5. The largest absolute Gasteiger partial charge is 0.316 e. The van der Waals surface area contributed by atoms with E-state index in [4.69, 9.17) is 4.85 Å². The Labute approximate surface area is 412 Å². The highest BCUT2D eigenvalue weighted by atomic mass is 32.1. The molecule has 0 amide bonds. The van der Waals surface area contributed by atoms with Crippen LogP contribution in [0.5, 0.6) is 0 Å². The summed E-state index contributed by atoms with van der Waals surface area (Å²) < 4.78 is 11.9. The molecular weight excluding hydrogens is 909 g/mol. The quantitative estimate of drug-likeness (QED) is 0.162. The third kappa shape index (κ3) is 5.21. The number of nitrogens with zero attached hydrogens (tertiary/aromatic N) is 4. The van der Waals surface area contributed by atoms with Gasteiger partial charge in [-0.15, -0.1) is 34.0 Å². The first-order valence-corrected chi connectivity index (χ1v) is 25.7. The zero-order chi connectivity index (χ0) is 46.4. The molecule has 10 aromatic carbocycles. The van der Waals surface area contributed by atoms with Crippen LogP contribution in [-0.2, 0) is 0 Å². The Balaban J connectivity index is 1.24. The van der Waals surface area contributed by atoms with Crippen LogP contribution < -0.4 is 0 Å². The predicted octanol–water partition coefficient (Wildman–Crippen LogP) is 19.0. The van der Waals surface area contributed by atoms with E-state index in [1.807, 2.05) is 34.8 Å². The Morgan fingerprint density at radius 2 is 0.871 bits per heavy atom. The molecule has 0 aliphatic heterocycles. The number of benzene rings is 10. The number of hydrogen-bond donors (Lipinski definition) is 0. The first-order chi connectivity index (χ1) is 34.6. The lowest BCUT2D eigenvalue weighted by molar-refractivity contribution is 1.15. The zero-order valence-corrected chi connectivity index (χ0v) is 39.9. The van der Waals surface area contributed by atoms with Crippen LogP contribution in [-0.4, -0.2) is 9.13 Å². The Morgan fingerprint density at radius 3 is 1.47 bits per heavy atom. The minimum atomic E-state index is 0.427. The standard InChI is InChI=1S/C63H34N4S3/c1-35-16-15-24-44-47-33-28-41-38-21-9-12-25-49(38)66(56(41)63(47)70-60(35)44)55-48(34-64)52(36-17-5-3-6-18-36)59(53(54(55)65-2)37-19-7-4-8-20-37)67-57-42(29-31-45-39-22-10-13-26-50(39)68-61(45)57)43-30-32-46-40-23-11-14-27-51(40)69-62(46)58(43)67/h3-33H,1H3. The lowest BCUT2D eigenvalue weighted by Crippen LogP contribution is -2.08. The average molecular weight is 943 g/mol. The van der Waals surface area contributed by atoms with E-state index in [1.165, 1.54) is 56.0 Å². The van der Waals surface area contributed by atoms with E-state index in [9.17, 15) is 11.8 Å². The van der Waals surface area contributed by atoms with Gasteiger partial charge in [0, 0.05) is 79.1 Å². The maximum Gasteiger partial charge on any atom is 0.221 e. The lowest BCUT2D eigenvalue weighted by Gasteiger charge is -2.26. The van der Waals surface area contributed by atoms with Crippen LogP contribution in [0.25, 0.3) is 143 Å². The van der Waals surface area contributed by atoms with Gasteiger partial charge in [0.2, 0.25) is 5.69 Å². The molecule has 0 spiro atoms. The molecule has 0 unspecified atom stereocenters. The second-order valence-electron chi connectivity index (χ2n) is 18.1. The van der Waals surface area contributed by atoms with Crippen LogP contribution in [0.4, 0.5) is 5.69 Å². The predicted molar refractivity (Wildman–Crippen MR) is 300 cm³/mol. The van der Waals surface area contributed by atoms with Crippen LogP contribution in [0.1, 0.15) is 11.1 Å². The van der Waals surface area contributed by atoms with E-state index in [1.54, 1.807) is 11.3 Å². The normalized spacial score (nSPS) is 12.0. The fourth-order valence-electron chi connectivity index (χ4n) is 11.6. The molecule has 15 aromatic rings. The molecule has 0 atom stereocenters. The molecule has 7 heteroatoms. The molecule has 0 saturated heterocycles. The highest BCUT2D eigenvalue weighted by Gasteiger charge is 2.33. The van der Waals surface area contributed by atoms with Crippen LogP contribution in [0, 0.1) is 24.8 Å². The summed E-state index contributed by atoms with van der Waals surface area (Å²) in [5.41, 5.74) is 11.0. The van der Waals surface area contributed by atoms with Crippen molar-refractivity contribution in [3.63, 3.8) is 0 Å². The molecule has 0 radical (unpaired) electrons. The van der Waals surface area contributed by atoms with Gasteiger partial charge in [0.1, 0.15) is 6.07 Å². The molecule has 15 rings (SSSR count). The van der Waals surface area contributed by atoms with E-state index < -0.39 is 0 Å². The van der Waals surface area contributed by atoms with Crippen molar-refractivity contribution in [2.75, 3.05) is 0 Å². The highest BCUT2D eigenvalue weighted by molar-refractivity contribution is 7.27. The van der Waals surface area contributed by atoms with Crippen molar-refractivity contribution in [3.8, 4) is 39.7 Å². The molecule has 0 fully saturated rings. The summed E-state index contributed by atoms with van der Waals surface area (Å²) in [5, 5.41) is 23.8. The summed E-state index contributed by atoms with van der Waals surface area (Å²) in [4.78, 5) is 4.69. The maximum absolute atomic E-state index is 12.3. The van der Waals surface area contributed by atoms with Gasteiger partial charge in [-0.2, -0.15) is 5.26 Å². The summed E-state index contributed by atoms with van der Waals surface area (Å²) in [6.45, 7) is 11.8. The molecular formula is C63H34N4S3. The van der Waals surface area contributed by atoms with Crippen molar-refractivity contribution in [1.82, 2.24) is 9.13 Å². The van der Waals surface area contributed by atoms with E-state index in [-0.39, 0.29) is 0 Å². The van der Waals surface area contributed by atoms with Crippen LogP contribution in [0.2, 0.25) is 0 Å². The lowest BCUT2D eigenvalue weighted by atomic mass is 9.88. The van der Waals surface area contributed by atoms with Crippen molar-refractivity contribution >= 4 is 144 Å². The number of aromatic nitrogens is 2. The third-order valence-corrected chi connectivity index (χ3v) is 18.2. The smallest absolute Gasteiger partial charge is 0.221 e. The van der Waals surface area contributed by atoms with Crippen molar-refractivity contribution in [3.05, 3.63) is 211 Å². The topological polar surface area (TPSA) is 38.0 Å². The average Bonchev–Trinajstić information content (AvgIpc) is 4.23. The first kappa shape index (κ1) is 39.4. The second kappa shape index (κ2) is 14.7. The molecule has 5 heterocycles. The molecule has 4 nitrogen and oxygen atoms in total. The van der Waals surface area contributed by atoms with Gasteiger partial charge in [-0.3, -0.25) is 0 Å². The van der Waals surface area contributed by atoms with Gasteiger partial charge < -0.3 is 9.13 Å². The van der Waals surface area contributed by atoms with Gasteiger partial charge in [0.25, 0.3) is 0 Å². The van der Waals surface area contributed by atoms with Gasteiger partial charge in [0.15, 0.2) is 0 Å². The van der Waals surface area contributed by atoms with Crippen LogP contribution >= 0.6 is 34.0 Å². The van der Waals surface area contributed by atoms with Crippen molar-refractivity contribution < 1.29 is 0 Å². The second-order valence-corrected chi connectivity index (χ2v) is 21.2. The summed E-state index contributed by atoms with van der Waals surface area (Å²) >= 11 is 5.42. The summed E-state index contributed by atoms with van der Waals surface area (Å²) in [6, 6.07) is 69.8. The Bertz CT molecular complexity index is 4650. The zero-order valence-electron chi connectivity index (χ0n) is 37.4. The van der Waals surface area contributed by atoms with Crippen LogP contribution in [0.3, 0.4) is 0 Å². The molecule has 0 bridgehead atoms. The van der Waals surface area contributed by atoms with Crippen LogP contribution in [0.15, 0.2) is 188 Å². The first-order valence-electron chi connectivity index (χ1n) is 23.3. The summed E-state index contributed by atoms with van der Waals surface area (Å²) in [7, 11) is 0. The van der Waals surface area contributed by atoms with Crippen molar-refractivity contribution in [2.45, 2.75) is 6.92 Å². The minimum absolute atomic E-state index is 0.427. The maximum atomic E-state index is 12.3. The molecule has 70 heavy (non-hydrogen) atoms. The van der Waals surface area contributed by atoms with E-state index >= 15 is 0 Å². The monoisotopic (exact) mass is 942 g/mol. The number of nitriles is 1. The summed E-state index contributed by atoms with van der Waals surface area (Å²) in [6.07, 6.45) is 0.